The number of halogens is 1. The van der Waals surface area contributed by atoms with Gasteiger partial charge in [0.25, 0.3) is 5.56 Å². The molecule has 0 saturated heterocycles. The maximum Gasteiger partial charge on any atom is 0.262 e. The first-order chi connectivity index (χ1) is 13.4. The fraction of sp³-hybridized carbons (Fsp3) is 0.474. The minimum absolute atomic E-state index is 0.0111. The van der Waals surface area contributed by atoms with Crippen LogP contribution in [0.4, 0.5) is 0 Å². The molecule has 0 unspecified atom stereocenters. The molecular weight excluding hydrogens is 414 g/mol. The Kier molecular flexibility index (Phi) is 7.09. The van der Waals surface area contributed by atoms with Crippen molar-refractivity contribution in [1.82, 2.24) is 24.0 Å². The Morgan fingerprint density at radius 3 is 2.57 bits per heavy atom. The van der Waals surface area contributed by atoms with Gasteiger partial charge >= 0.3 is 0 Å². The first kappa shape index (κ1) is 21.2. The van der Waals surface area contributed by atoms with E-state index in [0.29, 0.717) is 44.8 Å². The summed E-state index contributed by atoms with van der Waals surface area (Å²) in [7, 11) is 0. The smallest absolute Gasteiger partial charge is 0.262 e. The Bertz CT molecular complexity index is 993. The summed E-state index contributed by atoms with van der Waals surface area (Å²) >= 11 is 8.76. The van der Waals surface area contributed by atoms with Crippen molar-refractivity contribution in [3.8, 4) is 0 Å². The van der Waals surface area contributed by atoms with Gasteiger partial charge in [0.15, 0.2) is 5.16 Å². The lowest BCUT2D eigenvalue weighted by atomic mass is 10.2. The zero-order valence-corrected chi connectivity index (χ0v) is 18.8. The first-order valence-electron chi connectivity index (χ1n) is 9.23. The van der Waals surface area contributed by atoms with Gasteiger partial charge < -0.3 is 0 Å². The number of para-hydroxylation sites is 1. The molecule has 3 aromatic rings. The number of hydrogen-bond donors (Lipinski definition) is 0. The van der Waals surface area contributed by atoms with Gasteiger partial charge in [-0.25, -0.2) is 4.98 Å². The van der Waals surface area contributed by atoms with Crippen molar-refractivity contribution in [2.24, 2.45) is 0 Å². The number of benzene rings is 1. The third kappa shape index (κ3) is 4.74. The third-order valence-electron chi connectivity index (χ3n) is 4.58. The van der Waals surface area contributed by atoms with E-state index in [1.54, 1.807) is 4.57 Å². The van der Waals surface area contributed by atoms with Crippen LogP contribution in [0, 0.1) is 0 Å². The van der Waals surface area contributed by atoms with Gasteiger partial charge in [0.1, 0.15) is 10.0 Å². The largest absolute Gasteiger partial charge is 0.297 e. The van der Waals surface area contributed by atoms with Gasteiger partial charge in [0, 0.05) is 42.5 Å². The molecule has 6 nitrogen and oxygen atoms in total. The second-order valence-corrected chi connectivity index (χ2v) is 9.37. The predicted octanol–water partition coefficient (Wildman–Crippen LogP) is 4.31. The molecule has 0 aliphatic carbocycles. The van der Waals surface area contributed by atoms with E-state index in [2.05, 4.69) is 42.2 Å². The van der Waals surface area contributed by atoms with Crippen molar-refractivity contribution in [1.29, 1.82) is 0 Å². The Balaban J connectivity index is 1.94. The highest BCUT2D eigenvalue weighted by Gasteiger charge is 2.17. The highest BCUT2D eigenvalue weighted by molar-refractivity contribution is 7.98. The monoisotopic (exact) mass is 437 g/mol. The number of fused-ring (bicyclic) bond motifs is 1. The molecule has 0 N–H and O–H groups in total. The maximum absolute atomic E-state index is 13.2. The zero-order chi connectivity index (χ0) is 20.3. The van der Waals surface area contributed by atoms with Crippen LogP contribution in [-0.4, -0.2) is 42.7 Å². The maximum atomic E-state index is 13.2. The van der Waals surface area contributed by atoms with Crippen molar-refractivity contribution in [2.75, 3.05) is 6.54 Å². The van der Waals surface area contributed by atoms with E-state index in [1.807, 2.05) is 24.3 Å². The van der Waals surface area contributed by atoms with Crippen LogP contribution in [-0.2, 0) is 12.3 Å². The van der Waals surface area contributed by atoms with Gasteiger partial charge in [-0.2, -0.15) is 0 Å². The highest BCUT2D eigenvalue weighted by atomic mass is 35.5. The Morgan fingerprint density at radius 2 is 1.93 bits per heavy atom. The summed E-state index contributed by atoms with van der Waals surface area (Å²) in [5, 5.41) is 5.38. The van der Waals surface area contributed by atoms with E-state index in [-0.39, 0.29) is 5.56 Å². The van der Waals surface area contributed by atoms with E-state index in [0.717, 1.165) is 12.2 Å². The van der Waals surface area contributed by atoms with E-state index >= 15 is 0 Å². The lowest BCUT2D eigenvalue weighted by Crippen LogP contribution is -2.40. The molecule has 0 saturated carbocycles. The molecule has 0 fully saturated rings. The quantitative estimate of drug-likeness (QED) is 0.386. The van der Waals surface area contributed by atoms with Crippen LogP contribution < -0.4 is 5.56 Å². The summed E-state index contributed by atoms with van der Waals surface area (Å²) in [6, 6.07) is 8.28. The van der Waals surface area contributed by atoms with Crippen LogP contribution in [0.5, 0.6) is 0 Å². The van der Waals surface area contributed by atoms with E-state index < -0.39 is 0 Å². The summed E-state index contributed by atoms with van der Waals surface area (Å²) in [6.45, 7) is 10.1. The van der Waals surface area contributed by atoms with Crippen LogP contribution in [0.3, 0.4) is 0 Å². The second kappa shape index (κ2) is 9.35. The summed E-state index contributed by atoms with van der Waals surface area (Å²) < 4.78 is 6.23. The van der Waals surface area contributed by atoms with Crippen molar-refractivity contribution >= 4 is 45.8 Å². The topological polar surface area (TPSA) is 63.9 Å². The molecule has 0 spiro atoms. The zero-order valence-electron chi connectivity index (χ0n) is 16.4. The van der Waals surface area contributed by atoms with Gasteiger partial charge in [-0.05, 0) is 39.8 Å². The fourth-order valence-electron chi connectivity index (χ4n) is 3.20. The summed E-state index contributed by atoms with van der Waals surface area (Å²) in [5.41, 5.74) is 1.41. The van der Waals surface area contributed by atoms with Gasteiger partial charge in [0.05, 0.1) is 10.9 Å². The fourth-order valence-corrected chi connectivity index (χ4v) is 4.96. The molecule has 0 aliphatic rings. The van der Waals surface area contributed by atoms with Crippen LogP contribution >= 0.6 is 34.9 Å². The van der Waals surface area contributed by atoms with Gasteiger partial charge in [-0.15, -0.1) is 5.10 Å². The number of aromatic nitrogens is 4. The minimum atomic E-state index is -0.0111. The first-order valence-corrected chi connectivity index (χ1v) is 11.4. The lowest BCUT2D eigenvalue weighted by Gasteiger charge is -2.30. The van der Waals surface area contributed by atoms with E-state index in [9.17, 15) is 4.79 Å². The number of thioether (sulfide) groups is 1. The Morgan fingerprint density at radius 1 is 1.21 bits per heavy atom. The number of rotatable bonds is 8. The van der Waals surface area contributed by atoms with E-state index in [4.69, 9.17) is 16.6 Å². The molecule has 0 bridgehead atoms. The third-order valence-corrected chi connectivity index (χ3v) is 6.55. The van der Waals surface area contributed by atoms with Crippen molar-refractivity contribution in [3.05, 3.63) is 44.6 Å². The molecule has 0 atom stereocenters. The average Bonchev–Trinajstić information content (AvgIpc) is 3.06. The molecular formula is C19H24ClN5OS2. The van der Waals surface area contributed by atoms with Gasteiger partial charge in [-0.3, -0.25) is 14.3 Å². The minimum Gasteiger partial charge on any atom is -0.297 e. The predicted molar refractivity (Wildman–Crippen MR) is 117 cm³/mol. The summed E-state index contributed by atoms with van der Waals surface area (Å²) in [4.78, 5) is 20.3. The van der Waals surface area contributed by atoms with Crippen LogP contribution in [0.1, 0.15) is 33.4 Å². The summed E-state index contributed by atoms with van der Waals surface area (Å²) in [5.74, 6) is 0.526. The van der Waals surface area contributed by atoms with Crippen molar-refractivity contribution in [2.45, 2.75) is 57.2 Å². The van der Waals surface area contributed by atoms with Crippen molar-refractivity contribution in [3.63, 3.8) is 0 Å². The number of nitrogens with zero attached hydrogens (tertiary/aromatic N) is 5. The molecule has 0 radical (unpaired) electrons. The molecule has 3 rings (SSSR count). The normalized spacial score (nSPS) is 12.0. The molecule has 1 aromatic carbocycles. The molecule has 150 valence electrons. The molecule has 9 heteroatoms. The molecule has 0 aliphatic heterocycles. The second-order valence-electron chi connectivity index (χ2n) is 7.08. The molecule has 2 aromatic heterocycles. The Hall–Kier alpha value is -1.48. The van der Waals surface area contributed by atoms with E-state index in [1.165, 1.54) is 23.3 Å². The SMILES string of the molecule is CC(C)N(CCn1c(SCc2nnsc2Cl)nc2ccccc2c1=O)C(C)C. The Labute approximate surface area is 178 Å². The average molecular weight is 438 g/mol. The molecule has 28 heavy (non-hydrogen) atoms. The molecule has 2 heterocycles. The highest BCUT2D eigenvalue weighted by Crippen LogP contribution is 2.26. The molecule has 0 amide bonds. The van der Waals surface area contributed by atoms with Gasteiger partial charge in [-0.1, -0.05) is 40.0 Å². The van der Waals surface area contributed by atoms with Crippen LogP contribution in [0.2, 0.25) is 4.34 Å². The van der Waals surface area contributed by atoms with Crippen LogP contribution in [0.15, 0.2) is 34.2 Å². The van der Waals surface area contributed by atoms with Crippen LogP contribution in [0.25, 0.3) is 10.9 Å². The lowest BCUT2D eigenvalue weighted by molar-refractivity contribution is 0.166. The number of hydrogen-bond acceptors (Lipinski definition) is 7. The standard InChI is InChI=1S/C19H24ClN5OS2/c1-12(2)24(13(3)4)9-10-25-18(26)14-7-5-6-8-15(14)21-19(25)27-11-16-17(20)28-23-22-16/h5-8,12-13H,9-11H2,1-4H3. The summed E-state index contributed by atoms with van der Waals surface area (Å²) in [6.07, 6.45) is 0. The van der Waals surface area contributed by atoms with Crippen molar-refractivity contribution < 1.29 is 0 Å². The van der Waals surface area contributed by atoms with Gasteiger partial charge in [0.2, 0.25) is 0 Å².